The fourth-order valence-electron chi connectivity index (χ4n) is 2.14. The second kappa shape index (κ2) is 5.81. The van der Waals surface area contributed by atoms with Crippen LogP contribution in [0, 0.1) is 5.82 Å². The van der Waals surface area contributed by atoms with Gasteiger partial charge >= 0.3 is 0 Å². The normalized spacial score (nSPS) is 11.3. The molecule has 4 nitrogen and oxygen atoms in total. The number of nitrogens with zero attached hydrogens (tertiary/aromatic N) is 1. The summed E-state index contributed by atoms with van der Waals surface area (Å²) in [4.78, 5) is 12.4. The van der Waals surface area contributed by atoms with Crippen LogP contribution in [0.25, 0.3) is 0 Å². The van der Waals surface area contributed by atoms with Crippen molar-refractivity contribution in [2.24, 2.45) is 0 Å². The predicted molar refractivity (Wildman–Crippen MR) is 83.3 cm³/mol. The van der Waals surface area contributed by atoms with Crippen molar-refractivity contribution < 1.29 is 17.6 Å². The minimum atomic E-state index is -3.74. The highest BCUT2D eigenvalue weighted by Crippen LogP contribution is 2.17. The average molecular weight is 329 g/mol. The second-order valence-electron chi connectivity index (χ2n) is 4.88. The number of carbonyl (C=O) groups is 1. The van der Waals surface area contributed by atoms with Crippen LogP contribution in [0.1, 0.15) is 15.9 Å². The first-order valence-electron chi connectivity index (χ1n) is 6.77. The first-order chi connectivity index (χ1) is 11.0. The van der Waals surface area contributed by atoms with Crippen LogP contribution in [-0.2, 0) is 10.0 Å². The van der Waals surface area contributed by atoms with E-state index in [2.05, 4.69) is 0 Å². The van der Waals surface area contributed by atoms with Gasteiger partial charge in [-0.1, -0.05) is 18.2 Å². The molecule has 0 amide bonds. The highest BCUT2D eigenvalue weighted by Gasteiger charge is 2.18. The third-order valence-corrected chi connectivity index (χ3v) is 5.00. The molecule has 3 rings (SSSR count). The first kappa shape index (κ1) is 15.2. The van der Waals surface area contributed by atoms with Crippen molar-refractivity contribution in [3.05, 3.63) is 90.0 Å². The van der Waals surface area contributed by atoms with E-state index < -0.39 is 15.8 Å². The van der Waals surface area contributed by atoms with Gasteiger partial charge in [0.2, 0.25) is 0 Å². The topological polar surface area (TPSA) is 56.1 Å². The summed E-state index contributed by atoms with van der Waals surface area (Å²) >= 11 is 0. The van der Waals surface area contributed by atoms with E-state index in [-0.39, 0.29) is 16.2 Å². The van der Waals surface area contributed by atoms with Crippen molar-refractivity contribution in [3.63, 3.8) is 0 Å². The van der Waals surface area contributed by atoms with Crippen molar-refractivity contribution in [1.82, 2.24) is 3.97 Å². The maximum absolute atomic E-state index is 12.9. The van der Waals surface area contributed by atoms with Crippen molar-refractivity contribution in [1.29, 1.82) is 0 Å². The molecule has 0 aliphatic heterocycles. The van der Waals surface area contributed by atoms with Crippen molar-refractivity contribution in [3.8, 4) is 0 Å². The number of ketones is 1. The maximum Gasteiger partial charge on any atom is 0.267 e. The fraction of sp³-hybridized carbons (Fsp3) is 0. The van der Waals surface area contributed by atoms with E-state index in [1.54, 1.807) is 18.2 Å². The zero-order valence-corrected chi connectivity index (χ0v) is 12.7. The van der Waals surface area contributed by atoms with Crippen LogP contribution in [0.2, 0.25) is 0 Å². The van der Waals surface area contributed by atoms with Crippen LogP contribution in [0.15, 0.2) is 78.0 Å². The molecule has 0 saturated heterocycles. The highest BCUT2D eigenvalue weighted by molar-refractivity contribution is 7.90. The molecule has 6 heteroatoms. The molecular weight excluding hydrogens is 317 g/mol. The summed E-state index contributed by atoms with van der Waals surface area (Å²) in [6, 6.07) is 14.5. The third-order valence-electron chi connectivity index (χ3n) is 3.35. The largest absolute Gasteiger partial charge is 0.289 e. The second-order valence-corrected chi connectivity index (χ2v) is 6.73. The standard InChI is InChI=1S/C17H12FNO3S/c18-15-8-6-13(7-9-15)17(20)14-10-11-19(12-14)23(21,22)16-4-2-1-3-5-16/h1-12H. The lowest BCUT2D eigenvalue weighted by molar-refractivity contribution is 0.103. The Morgan fingerprint density at radius 2 is 1.52 bits per heavy atom. The molecule has 1 heterocycles. The zero-order chi connectivity index (χ0) is 16.4. The van der Waals surface area contributed by atoms with E-state index in [0.717, 1.165) is 3.97 Å². The van der Waals surface area contributed by atoms with Crippen LogP contribution < -0.4 is 0 Å². The fourth-order valence-corrected chi connectivity index (χ4v) is 3.36. The van der Waals surface area contributed by atoms with Gasteiger partial charge in [0.25, 0.3) is 10.0 Å². The Hall–Kier alpha value is -2.73. The van der Waals surface area contributed by atoms with Crippen LogP contribution in [-0.4, -0.2) is 18.2 Å². The summed E-state index contributed by atoms with van der Waals surface area (Å²) in [6.45, 7) is 0. The van der Waals surface area contributed by atoms with Gasteiger partial charge < -0.3 is 0 Å². The van der Waals surface area contributed by atoms with Gasteiger partial charge in [-0.25, -0.2) is 16.8 Å². The number of halogens is 1. The minimum Gasteiger partial charge on any atom is -0.289 e. The van der Waals surface area contributed by atoms with Crippen molar-refractivity contribution >= 4 is 15.8 Å². The van der Waals surface area contributed by atoms with Gasteiger partial charge in [0.05, 0.1) is 4.90 Å². The monoisotopic (exact) mass is 329 g/mol. The molecule has 1 aromatic heterocycles. The number of aromatic nitrogens is 1. The first-order valence-corrected chi connectivity index (χ1v) is 8.21. The summed E-state index contributed by atoms with van der Waals surface area (Å²) in [5, 5.41) is 0. The quantitative estimate of drug-likeness (QED) is 0.691. The van der Waals surface area contributed by atoms with Gasteiger partial charge in [-0.15, -0.1) is 0 Å². The van der Waals surface area contributed by atoms with Crippen LogP contribution in [0.5, 0.6) is 0 Å². The van der Waals surface area contributed by atoms with Gasteiger partial charge in [-0.2, -0.15) is 0 Å². The van der Waals surface area contributed by atoms with E-state index in [0.29, 0.717) is 5.56 Å². The molecule has 0 fully saturated rings. The molecule has 3 aromatic rings. The molecule has 0 atom stereocenters. The van der Waals surface area contributed by atoms with Crippen LogP contribution >= 0.6 is 0 Å². The Morgan fingerprint density at radius 1 is 0.870 bits per heavy atom. The molecule has 0 aliphatic carbocycles. The number of benzene rings is 2. The molecule has 23 heavy (non-hydrogen) atoms. The summed E-state index contributed by atoms with van der Waals surface area (Å²) in [5.41, 5.74) is 0.511. The van der Waals surface area contributed by atoms with Gasteiger partial charge in [0, 0.05) is 23.5 Å². The Balaban J connectivity index is 1.95. The number of hydrogen-bond donors (Lipinski definition) is 0. The summed E-state index contributed by atoms with van der Waals surface area (Å²) in [7, 11) is -3.74. The van der Waals surface area contributed by atoms with E-state index in [4.69, 9.17) is 0 Å². The lowest BCUT2D eigenvalue weighted by Crippen LogP contribution is -2.11. The molecule has 0 radical (unpaired) electrons. The zero-order valence-electron chi connectivity index (χ0n) is 11.9. The molecular formula is C17H12FNO3S. The van der Waals surface area contributed by atoms with E-state index in [1.165, 1.54) is 54.9 Å². The van der Waals surface area contributed by atoms with Crippen LogP contribution in [0.3, 0.4) is 0 Å². The van der Waals surface area contributed by atoms with Gasteiger partial charge in [0.15, 0.2) is 5.78 Å². The van der Waals surface area contributed by atoms with Crippen molar-refractivity contribution in [2.75, 3.05) is 0 Å². The van der Waals surface area contributed by atoms with Crippen LogP contribution in [0.4, 0.5) is 4.39 Å². The maximum atomic E-state index is 12.9. The average Bonchev–Trinajstić information content (AvgIpc) is 3.06. The number of carbonyl (C=O) groups excluding carboxylic acids is 1. The van der Waals surface area contributed by atoms with Gasteiger partial charge in [0.1, 0.15) is 5.82 Å². The molecule has 116 valence electrons. The smallest absolute Gasteiger partial charge is 0.267 e. The number of rotatable bonds is 4. The van der Waals surface area contributed by atoms with E-state index in [1.807, 2.05) is 0 Å². The molecule has 0 N–H and O–H groups in total. The summed E-state index contributed by atoms with van der Waals surface area (Å²) < 4.78 is 38.8. The molecule has 0 spiro atoms. The predicted octanol–water partition coefficient (Wildman–Crippen LogP) is 3.10. The number of hydrogen-bond acceptors (Lipinski definition) is 3. The molecule has 0 bridgehead atoms. The molecule has 0 saturated carbocycles. The van der Waals surface area contributed by atoms with E-state index in [9.17, 15) is 17.6 Å². The van der Waals surface area contributed by atoms with E-state index >= 15 is 0 Å². The molecule has 2 aromatic carbocycles. The third kappa shape index (κ3) is 2.93. The Kier molecular flexibility index (Phi) is 3.83. The Bertz CT molecular complexity index is 945. The summed E-state index contributed by atoms with van der Waals surface area (Å²) in [6.07, 6.45) is 2.58. The lowest BCUT2D eigenvalue weighted by Gasteiger charge is -2.05. The lowest BCUT2D eigenvalue weighted by atomic mass is 10.1. The minimum absolute atomic E-state index is 0.136. The summed E-state index contributed by atoms with van der Waals surface area (Å²) in [5.74, 6) is -0.808. The van der Waals surface area contributed by atoms with Gasteiger partial charge in [-0.3, -0.25) is 4.79 Å². The SMILES string of the molecule is O=C(c1ccc(F)cc1)c1ccn(S(=O)(=O)c2ccccc2)c1. The molecule has 0 aliphatic rings. The van der Waals surface area contributed by atoms with Gasteiger partial charge in [-0.05, 0) is 42.5 Å². The molecule has 0 unspecified atom stereocenters. The Morgan fingerprint density at radius 3 is 2.17 bits per heavy atom. The highest BCUT2D eigenvalue weighted by atomic mass is 32.2. The Labute approximate surface area is 132 Å². The van der Waals surface area contributed by atoms with Crippen molar-refractivity contribution in [2.45, 2.75) is 4.90 Å².